The lowest BCUT2D eigenvalue weighted by molar-refractivity contribution is 0.0526. The number of nitrogens with zero attached hydrogens (tertiary/aromatic N) is 5. The molecular weight excluding hydrogens is 388 g/mol. The molecule has 0 aromatic carbocycles. The Kier molecular flexibility index (Phi) is 5.06. The number of carbonyl (C=O) groups excluding carboxylic acids is 1. The molecule has 150 valence electrons. The summed E-state index contributed by atoms with van der Waals surface area (Å²) in [6.07, 6.45) is 6.99. The summed E-state index contributed by atoms with van der Waals surface area (Å²) in [5, 5.41) is 10.0. The first-order valence-corrected chi connectivity index (χ1v) is 10.1. The fraction of sp³-hybridized carbons (Fsp3) is 0.300. The van der Waals surface area contributed by atoms with Crippen LogP contribution in [0.15, 0.2) is 48.5 Å². The van der Waals surface area contributed by atoms with Crippen LogP contribution in [0.4, 0.5) is 4.79 Å². The molecule has 0 spiro atoms. The van der Waals surface area contributed by atoms with Crippen molar-refractivity contribution in [3.05, 3.63) is 48.5 Å². The molecule has 0 aliphatic heterocycles. The third kappa shape index (κ3) is 4.45. The van der Waals surface area contributed by atoms with E-state index in [4.69, 9.17) is 9.72 Å². The number of amides is 1. The van der Waals surface area contributed by atoms with Gasteiger partial charge in [0.25, 0.3) is 0 Å². The number of imidazole rings is 1. The second kappa shape index (κ2) is 7.67. The van der Waals surface area contributed by atoms with Gasteiger partial charge in [0.1, 0.15) is 22.0 Å². The van der Waals surface area contributed by atoms with Gasteiger partial charge >= 0.3 is 6.09 Å². The predicted octanol–water partition coefficient (Wildman–Crippen LogP) is 3.85. The number of nitrogens with one attached hydrogen (secondary N) is 1. The quantitative estimate of drug-likeness (QED) is 0.540. The molecule has 4 rings (SSSR count). The van der Waals surface area contributed by atoms with Gasteiger partial charge in [-0.05, 0) is 32.9 Å². The van der Waals surface area contributed by atoms with Gasteiger partial charge < -0.3 is 14.6 Å². The molecule has 0 aliphatic carbocycles. The van der Waals surface area contributed by atoms with Crippen LogP contribution in [0.1, 0.15) is 20.8 Å². The first kappa shape index (κ1) is 19.1. The van der Waals surface area contributed by atoms with E-state index in [0.29, 0.717) is 13.1 Å². The van der Waals surface area contributed by atoms with Crippen LogP contribution in [0, 0.1) is 0 Å². The molecule has 0 atom stereocenters. The molecule has 8 nitrogen and oxygen atoms in total. The number of alkyl carbamates (subject to hydrolysis) is 1. The van der Waals surface area contributed by atoms with Gasteiger partial charge in [0.05, 0.1) is 23.6 Å². The van der Waals surface area contributed by atoms with Crippen molar-refractivity contribution in [2.75, 3.05) is 6.54 Å². The third-order valence-corrected chi connectivity index (χ3v) is 4.97. The van der Waals surface area contributed by atoms with E-state index in [2.05, 4.69) is 15.4 Å². The smallest absolute Gasteiger partial charge is 0.407 e. The zero-order valence-corrected chi connectivity index (χ0v) is 17.3. The molecule has 1 amide bonds. The molecule has 29 heavy (non-hydrogen) atoms. The Morgan fingerprint density at radius 1 is 1.28 bits per heavy atom. The van der Waals surface area contributed by atoms with Crippen molar-refractivity contribution in [2.45, 2.75) is 32.9 Å². The normalized spacial score (nSPS) is 11.7. The lowest BCUT2D eigenvalue weighted by Gasteiger charge is -2.19. The molecule has 4 aromatic rings. The molecule has 0 fully saturated rings. The van der Waals surface area contributed by atoms with Crippen LogP contribution < -0.4 is 5.32 Å². The van der Waals surface area contributed by atoms with Gasteiger partial charge in [-0.3, -0.25) is 0 Å². The second-order valence-corrected chi connectivity index (χ2v) is 8.41. The van der Waals surface area contributed by atoms with Gasteiger partial charge in [0.2, 0.25) is 0 Å². The highest BCUT2D eigenvalue weighted by molar-refractivity contribution is 7.13. The van der Waals surface area contributed by atoms with Crippen molar-refractivity contribution < 1.29 is 9.53 Å². The Balaban J connectivity index is 1.41. The molecule has 0 aliphatic rings. The summed E-state index contributed by atoms with van der Waals surface area (Å²) < 4.78 is 8.98. The Hall–Kier alpha value is -3.20. The summed E-state index contributed by atoms with van der Waals surface area (Å²) in [5.74, 6) is 0. The second-order valence-electron chi connectivity index (χ2n) is 7.55. The van der Waals surface area contributed by atoms with Crippen molar-refractivity contribution in [2.24, 2.45) is 0 Å². The number of rotatable bonds is 5. The maximum Gasteiger partial charge on any atom is 0.407 e. The highest BCUT2D eigenvalue weighted by atomic mass is 32.1. The molecule has 0 bridgehead atoms. The van der Waals surface area contributed by atoms with E-state index >= 15 is 0 Å². The fourth-order valence-electron chi connectivity index (χ4n) is 2.83. The van der Waals surface area contributed by atoms with Gasteiger partial charge in [-0.1, -0.05) is 6.07 Å². The van der Waals surface area contributed by atoms with E-state index < -0.39 is 11.7 Å². The fourth-order valence-corrected chi connectivity index (χ4v) is 3.66. The van der Waals surface area contributed by atoms with E-state index in [9.17, 15) is 4.79 Å². The molecule has 0 saturated heterocycles. The first-order chi connectivity index (χ1) is 13.9. The zero-order valence-electron chi connectivity index (χ0n) is 16.5. The van der Waals surface area contributed by atoms with Crippen molar-refractivity contribution in [3.63, 3.8) is 0 Å². The lowest BCUT2D eigenvalue weighted by Crippen LogP contribution is -2.34. The molecule has 0 saturated carbocycles. The summed E-state index contributed by atoms with van der Waals surface area (Å²) in [5.41, 5.74) is 3.13. The number of hydrogen-bond donors (Lipinski definition) is 1. The highest BCUT2D eigenvalue weighted by Gasteiger charge is 2.16. The van der Waals surface area contributed by atoms with Gasteiger partial charge in [0, 0.05) is 30.9 Å². The van der Waals surface area contributed by atoms with Crippen molar-refractivity contribution in [1.29, 1.82) is 0 Å². The summed E-state index contributed by atoms with van der Waals surface area (Å²) in [6, 6.07) is 5.96. The van der Waals surface area contributed by atoms with Crippen LogP contribution in [0.5, 0.6) is 0 Å². The molecule has 1 N–H and O–H groups in total. The van der Waals surface area contributed by atoms with Gasteiger partial charge in [-0.15, -0.1) is 11.3 Å². The van der Waals surface area contributed by atoms with Crippen LogP contribution in [0.2, 0.25) is 0 Å². The van der Waals surface area contributed by atoms with Crippen LogP contribution in [-0.4, -0.2) is 42.4 Å². The molecule has 9 heteroatoms. The van der Waals surface area contributed by atoms with Crippen molar-refractivity contribution in [1.82, 2.24) is 29.5 Å². The maximum atomic E-state index is 11.7. The topological polar surface area (TPSA) is 86.3 Å². The number of pyridine rings is 1. The lowest BCUT2D eigenvalue weighted by atomic mass is 10.2. The Morgan fingerprint density at radius 2 is 2.14 bits per heavy atom. The molecule has 0 unspecified atom stereocenters. The average molecular weight is 411 g/mol. The molecule has 4 aromatic heterocycles. The first-order valence-electron chi connectivity index (χ1n) is 9.26. The van der Waals surface area contributed by atoms with Crippen LogP contribution in [-0.2, 0) is 11.3 Å². The average Bonchev–Trinajstić information content (AvgIpc) is 3.38. The predicted molar refractivity (Wildman–Crippen MR) is 112 cm³/mol. The van der Waals surface area contributed by atoms with E-state index in [-0.39, 0.29) is 0 Å². The largest absolute Gasteiger partial charge is 0.444 e. The Labute approximate surface area is 172 Å². The van der Waals surface area contributed by atoms with Crippen molar-refractivity contribution in [3.8, 4) is 22.0 Å². The van der Waals surface area contributed by atoms with Crippen LogP contribution in [0.25, 0.3) is 27.5 Å². The van der Waals surface area contributed by atoms with Gasteiger partial charge in [0.15, 0.2) is 0 Å². The van der Waals surface area contributed by atoms with Crippen LogP contribution >= 0.6 is 11.3 Å². The zero-order chi connectivity index (χ0) is 20.4. The number of fused-ring (bicyclic) bond motifs is 1. The van der Waals surface area contributed by atoms with E-state index in [1.54, 1.807) is 17.7 Å². The van der Waals surface area contributed by atoms with Gasteiger partial charge in [-0.25, -0.2) is 19.3 Å². The number of hydrogen-bond acceptors (Lipinski definition) is 6. The highest BCUT2D eigenvalue weighted by Crippen LogP contribution is 2.30. The molecular formula is C20H22N6O2S. The third-order valence-electron chi connectivity index (χ3n) is 4.09. The molecule has 4 heterocycles. The minimum absolute atomic E-state index is 0.421. The summed E-state index contributed by atoms with van der Waals surface area (Å²) >= 11 is 1.57. The van der Waals surface area contributed by atoms with Crippen LogP contribution in [0.3, 0.4) is 0 Å². The minimum Gasteiger partial charge on any atom is -0.444 e. The minimum atomic E-state index is -0.504. The number of thiazole rings is 1. The Bertz CT molecular complexity index is 1140. The monoisotopic (exact) mass is 410 g/mol. The summed E-state index contributed by atoms with van der Waals surface area (Å²) in [4.78, 5) is 20.9. The van der Waals surface area contributed by atoms with E-state index in [1.165, 1.54) is 0 Å². The summed E-state index contributed by atoms with van der Waals surface area (Å²) in [6.45, 7) is 6.56. The number of carbonyl (C=O) groups is 1. The van der Waals surface area contributed by atoms with Gasteiger partial charge in [-0.2, -0.15) is 5.10 Å². The number of aromatic nitrogens is 5. The molecule has 0 radical (unpaired) electrons. The maximum absolute atomic E-state index is 11.7. The van der Waals surface area contributed by atoms with Crippen molar-refractivity contribution >= 4 is 22.9 Å². The SMILES string of the molecule is CC(C)(C)OC(=O)NCCn1cnc(-c2csc(-c3cnn4ccccc34)n2)c1. The van der Waals surface area contributed by atoms with E-state index in [0.717, 1.165) is 27.5 Å². The number of ether oxygens (including phenoxy) is 1. The summed E-state index contributed by atoms with van der Waals surface area (Å²) in [7, 11) is 0. The standard InChI is InChI=1S/C20H22N6O2S/c1-20(2,3)28-19(27)21-7-9-25-11-15(22-13-25)16-12-29-18(24-16)14-10-23-26-8-5-4-6-17(14)26/h4-6,8,10-13H,7,9H2,1-3H3,(H,21,27). The van der Waals surface area contributed by atoms with E-state index in [1.807, 2.05) is 72.0 Å². The Morgan fingerprint density at radius 3 is 2.97 bits per heavy atom.